The van der Waals surface area contributed by atoms with E-state index in [9.17, 15) is 108 Å². The quantitative estimate of drug-likeness (QED) is 0.0751. The molecule has 0 spiro atoms. The zero-order valence-corrected chi connectivity index (χ0v) is 46.0. The number of hydrogen-bond donors (Lipinski definition) is 1. The van der Waals surface area contributed by atoms with Crippen LogP contribution in [0.1, 0.15) is 147 Å². The Morgan fingerprint density at radius 3 is 1.57 bits per heavy atom. The first-order valence-electron chi connectivity index (χ1n) is 26.4. The molecule has 16 nitrogen and oxygen atoms in total. The van der Waals surface area contributed by atoms with E-state index in [0.29, 0.717) is 10.7 Å². The molecule has 4 heterocycles. The molecule has 0 fully saturated rings. The zero-order chi connectivity index (χ0) is 66.1. The smallest absolute Gasteiger partial charge is 0.435 e. The Balaban J connectivity index is 0.000000217. The minimum atomic E-state index is -5.27. The van der Waals surface area contributed by atoms with E-state index in [1.54, 1.807) is 0 Å². The van der Waals surface area contributed by atoms with Crippen molar-refractivity contribution in [2.75, 3.05) is 13.2 Å². The van der Waals surface area contributed by atoms with Crippen molar-refractivity contribution in [1.82, 2.24) is 34.3 Å². The topological polar surface area (TPSA) is 213 Å². The van der Waals surface area contributed by atoms with Crippen LogP contribution in [0.5, 0.6) is 0 Å². The molecule has 2 aromatic carbocycles. The Bertz CT molecular complexity index is 3700. The highest BCUT2D eigenvalue weighted by atomic mass is 19.4. The molecule has 2 N–H and O–H groups in total. The molecule has 4 aromatic heterocycles. The molecule has 0 aliphatic heterocycles. The maximum absolute atomic E-state index is 14.9. The van der Waals surface area contributed by atoms with Crippen LogP contribution in [0.25, 0.3) is 11.1 Å². The number of rotatable bonds is 15. The molecule has 1 amide bonds. The fraction of sp³-hybridized carbons (Fsp3) is 0.418. The molecule has 0 radical (unpaired) electrons. The predicted molar refractivity (Wildman–Crippen MR) is 267 cm³/mol. The molecule has 34 heteroatoms. The van der Waals surface area contributed by atoms with Gasteiger partial charge in [-0.2, -0.15) is 81.2 Å². The number of Topliss-reactive ketones (excluding diaryl/α,β-unsaturated/α-hetero) is 3. The summed E-state index contributed by atoms with van der Waals surface area (Å²) in [6, 6.07) is 8.94. The van der Waals surface area contributed by atoms with Gasteiger partial charge in [-0.3, -0.25) is 47.8 Å². The van der Waals surface area contributed by atoms with Gasteiger partial charge in [0.1, 0.15) is 54.2 Å². The molecule has 0 unspecified atom stereocenters. The third-order valence-electron chi connectivity index (χ3n) is 13.7. The van der Waals surface area contributed by atoms with E-state index in [2.05, 4.69) is 29.8 Å². The Morgan fingerprint density at radius 2 is 1.09 bits per heavy atom. The Morgan fingerprint density at radius 1 is 0.618 bits per heavy atom. The monoisotopic (exact) mass is 1290 g/mol. The molecule has 6 aromatic rings. The van der Waals surface area contributed by atoms with Crippen molar-refractivity contribution in [1.29, 1.82) is 0 Å². The summed E-state index contributed by atoms with van der Waals surface area (Å²) in [6.07, 6.45) is -19.1. The van der Waals surface area contributed by atoms with Gasteiger partial charge in [0.15, 0.2) is 34.4 Å². The minimum absolute atomic E-state index is 0.00478. The molecular formula is C55H46F18N8O8. The van der Waals surface area contributed by atoms with Gasteiger partial charge in [0, 0.05) is 67.8 Å². The Hall–Kier alpha value is -8.62. The summed E-state index contributed by atoms with van der Waals surface area (Å²) in [4.78, 5) is 76.2. The van der Waals surface area contributed by atoms with Gasteiger partial charge in [0.25, 0.3) is 23.7 Å². The van der Waals surface area contributed by atoms with Gasteiger partial charge in [0.05, 0.1) is 35.6 Å². The highest BCUT2D eigenvalue weighted by Crippen LogP contribution is 2.48. The van der Waals surface area contributed by atoms with Gasteiger partial charge in [-0.15, -0.1) is 0 Å². The molecule has 3 aliphatic carbocycles. The van der Waals surface area contributed by atoms with Crippen molar-refractivity contribution in [3.8, 4) is 11.1 Å². The zero-order valence-electron chi connectivity index (χ0n) is 46.0. The summed E-state index contributed by atoms with van der Waals surface area (Å²) in [5.41, 5.74) is -5.76. The van der Waals surface area contributed by atoms with E-state index < -0.39 is 209 Å². The number of ketones is 3. The standard InChI is InChI=1S/C31H22F8N4O3.C12H11F5N2O3.C12H13F5N2O2/c32-18-9-15(10-19(33)13-18)8-17(26-21(2-1-7-41-26)16-3-4-23(34)22(12-16)29(40)46)11-20(44)14-43-28-25(27(42-43)31(37,38)39)24(45)5-6-30(28,35)36;1-2-22-7(21)5-19-10-8(9(18-19)12(15,16)17)6(20)3-4-11(10,13)14;1-2-21-8(20)6-19-10-7(4-3-5-11(10,13)14)9(18-19)12(15,16)17/h1-4,7,9-10,12-13,17H,5-6,8,11,14H2,(H2,40,46);2-5H2,1H3;2-6H2,1H3/t17-;;/m1../s1. The lowest BCUT2D eigenvalue weighted by Crippen LogP contribution is -2.29. The number of pyridine rings is 1. The van der Waals surface area contributed by atoms with Crippen LogP contribution in [-0.4, -0.2) is 82.7 Å². The van der Waals surface area contributed by atoms with Crippen LogP contribution < -0.4 is 5.73 Å². The van der Waals surface area contributed by atoms with Crippen molar-refractivity contribution in [3.05, 3.63) is 140 Å². The van der Waals surface area contributed by atoms with Crippen LogP contribution in [0.4, 0.5) is 79.0 Å². The SMILES string of the molecule is CCOC(=O)Cn1nc(C(F)(F)F)c2c1C(F)(F)CCC2.CCOC(=O)Cn1nc(C(F)(F)F)c2c1C(F)(F)CCC2=O.NC(=O)c1cc(-c2cccnc2[C@@H](CC(=O)Cn2nc(C(F)(F)F)c3c2C(F)(F)CCC3=O)Cc2cc(F)cc(F)c2)ccc1F. The number of nitrogens with two attached hydrogens (primary N) is 1. The molecule has 0 bridgehead atoms. The molecule has 9 rings (SSSR count). The number of halogens is 18. The maximum atomic E-state index is 14.9. The number of hydrogen-bond acceptors (Lipinski definition) is 12. The summed E-state index contributed by atoms with van der Waals surface area (Å²) < 4.78 is 256. The van der Waals surface area contributed by atoms with E-state index in [-0.39, 0.29) is 64.2 Å². The third kappa shape index (κ3) is 15.3. The molecule has 480 valence electrons. The molecule has 1 atom stereocenters. The van der Waals surface area contributed by atoms with Crippen LogP contribution in [0.3, 0.4) is 0 Å². The van der Waals surface area contributed by atoms with Crippen molar-refractivity contribution in [3.63, 3.8) is 0 Å². The lowest BCUT2D eigenvalue weighted by molar-refractivity contribution is -0.146. The second-order valence-corrected chi connectivity index (χ2v) is 20.1. The average Bonchev–Trinajstić information content (AvgIpc) is 1.68. The second-order valence-electron chi connectivity index (χ2n) is 20.1. The first kappa shape index (κ1) is 67.9. The summed E-state index contributed by atoms with van der Waals surface area (Å²) in [5, 5.41) is 9.42. The van der Waals surface area contributed by atoms with E-state index in [1.165, 1.54) is 38.2 Å². The number of ether oxygens (including phenoxy) is 2. The molecule has 3 aliphatic rings. The number of fused-ring (bicyclic) bond motifs is 3. The van der Waals surface area contributed by atoms with E-state index in [1.807, 2.05) is 0 Å². The Kier molecular flexibility index (Phi) is 19.7. The van der Waals surface area contributed by atoms with Gasteiger partial charge in [-0.1, -0.05) is 12.1 Å². The van der Waals surface area contributed by atoms with Crippen LogP contribution >= 0.6 is 0 Å². The van der Waals surface area contributed by atoms with E-state index in [0.717, 1.165) is 24.3 Å². The van der Waals surface area contributed by atoms with E-state index >= 15 is 0 Å². The van der Waals surface area contributed by atoms with Gasteiger partial charge in [0.2, 0.25) is 0 Å². The lowest BCUT2D eigenvalue weighted by atomic mass is 9.86. The number of esters is 2. The summed E-state index contributed by atoms with van der Waals surface area (Å²) in [5.74, 6) is -21.1. The fourth-order valence-corrected chi connectivity index (χ4v) is 10.3. The summed E-state index contributed by atoms with van der Waals surface area (Å²) in [7, 11) is 0. The first-order valence-corrected chi connectivity index (χ1v) is 26.4. The van der Waals surface area contributed by atoms with Crippen molar-refractivity contribution < 1.29 is 117 Å². The Labute approximate surface area is 489 Å². The maximum Gasteiger partial charge on any atom is 0.435 e. The summed E-state index contributed by atoms with van der Waals surface area (Å²) >= 11 is 0. The fourth-order valence-electron chi connectivity index (χ4n) is 10.3. The number of alkyl halides is 15. The number of aromatic nitrogens is 7. The van der Waals surface area contributed by atoms with Crippen LogP contribution in [0.2, 0.25) is 0 Å². The van der Waals surface area contributed by atoms with E-state index in [4.69, 9.17) is 5.73 Å². The number of amides is 1. The van der Waals surface area contributed by atoms with Crippen molar-refractivity contribution in [2.24, 2.45) is 5.73 Å². The predicted octanol–water partition coefficient (Wildman–Crippen LogP) is 12.0. The van der Waals surface area contributed by atoms with Gasteiger partial charge < -0.3 is 15.2 Å². The minimum Gasteiger partial charge on any atom is -0.465 e. The molecule has 89 heavy (non-hydrogen) atoms. The highest BCUT2D eigenvalue weighted by Gasteiger charge is 2.53. The largest absolute Gasteiger partial charge is 0.465 e. The van der Waals surface area contributed by atoms with Gasteiger partial charge >= 0.3 is 30.5 Å². The second kappa shape index (κ2) is 25.8. The normalized spacial score (nSPS) is 16.1. The number of nitrogens with zero attached hydrogens (tertiary/aromatic N) is 7. The van der Waals surface area contributed by atoms with Gasteiger partial charge in [-0.05, 0) is 74.6 Å². The van der Waals surface area contributed by atoms with Crippen LogP contribution in [0, 0.1) is 17.5 Å². The third-order valence-corrected chi connectivity index (χ3v) is 13.7. The number of benzene rings is 2. The highest BCUT2D eigenvalue weighted by molar-refractivity contribution is 6.01. The molecule has 0 saturated carbocycles. The average molecular weight is 1290 g/mol. The number of carbonyl (C=O) groups is 6. The van der Waals surface area contributed by atoms with Crippen LogP contribution in [-0.2, 0) is 92.6 Å². The van der Waals surface area contributed by atoms with Gasteiger partial charge in [-0.25, -0.2) is 13.2 Å². The first-order chi connectivity index (χ1) is 41.3. The summed E-state index contributed by atoms with van der Waals surface area (Å²) in [6.45, 7) is 0.118. The lowest BCUT2D eigenvalue weighted by Gasteiger charge is -2.24. The van der Waals surface area contributed by atoms with Crippen molar-refractivity contribution >= 4 is 35.2 Å². The van der Waals surface area contributed by atoms with Crippen LogP contribution in [0.15, 0.2) is 54.7 Å². The molecule has 0 saturated heterocycles. The number of primary amides is 1. The van der Waals surface area contributed by atoms with Crippen molar-refractivity contribution in [2.45, 2.75) is 133 Å². The number of carbonyl (C=O) groups excluding carboxylic acids is 6. The molecular weight excluding hydrogens is 1240 g/mol.